The Morgan fingerprint density at radius 1 is 0.759 bits per heavy atom. The van der Waals surface area contributed by atoms with Crippen LogP contribution in [0.4, 0.5) is 11.4 Å². The highest BCUT2D eigenvalue weighted by molar-refractivity contribution is 9.10. The lowest BCUT2D eigenvalue weighted by Gasteiger charge is -2.14. The molecule has 0 saturated carbocycles. The van der Waals surface area contributed by atoms with E-state index in [9.17, 15) is 16.8 Å². The Balaban J connectivity index is 1.95. The number of anilines is 2. The molecule has 0 unspecified atom stereocenters. The van der Waals surface area contributed by atoms with E-state index in [1.54, 1.807) is 49.4 Å². The molecular weight excluding hydrogens is 476 g/mol. The Kier molecular flexibility index (Phi) is 6.02. The first-order valence-corrected chi connectivity index (χ1v) is 12.3. The lowest BCUT2D eigenvalue weighted by molar-refractivity contribution is 0.598. The summed E-state index contributed by atoms with van der Waals surface area (Å²) in [6, 6.07) is 17.7. The molecular formula is C20H19BrN2O4S2. The van der Waals surface area contributed by atoms with Crippen molar-refractivity contribution >= 4 is 47.4 Å². The topological polar surface area (TPSA) is 92.3 Å². The summed E-state index contributed by atoms with van der Waals surface area (Å²) in [6.07, 6.45) is 0. The van der Waals surface area contributed by atoms with Gasteiger partial charge in [0.15, 0.2) is 0 Å². The zero-order valence-corrected chi connectivity index (χ0v) is 18.9. The number of sulfonamides is 2. The molecule has 0 bridgehead atoms. The summed E-state index contributed by atoms with van der Waals surface area (Å²) in [5.41, 5.74) is 2.12. The molecule has 0 spiro atoms. The van der Waals surface area contributed by atoms with Crippen LogP contribution in [-0.4, -0.2) is 16.8 Å². The van der Waals surface area contributed by atoms with Crippen molar-refractivity contribution in [3.63, 3.8) is 0 Å². The molecule has 0 aliphatic carbocycles. The van der Waals surface area contributed by atoms with Crippen molar-refractivity contribution in [3.05, 3.63) is 82.3 Å². The number of halogens is 1. The van der Waals surface area contributed by atoms with E-state index in [0.717, 1.165) is 5.56 Å². The third-order valence-corrected chi connectivity index (χ3v) is 7.92. The maximum Gasteiger partial charge on any atom is 0.263 e. The van der Waals surface area contributed by atoms with Crippen molar-refractivity contribution in [3.8, 4) is 0 Å². The Hall–Kier alpha value is -2.36. The van der Waals surface area contributed by atoms with Gasteiger partial charge in [0, 0.05) is 10.2 Å². The second kappa shape index (κ2) is 8.17. The van der Waals surface area contributed by atoms with Gasteiger partial charge in [0.2, 0.25) is 0 Å². The highest BCUT2D eigenvalue weighted by atomic mass is 79.9. The molecule has 152 valence electrons. The second-order valence-electron chi connectivity index (χ2n) is 6.49. The van der Waals surface area contributed by atoms with Crippen molar-refractivity contribution in [2.75, 3.05) is 9.44 Å². The summed E-state index contributed by atoms with van der Waals surface area (Å²) in [6.45, 7) is 3.56. The van der Waals surface area contributed by atoms with Crippen LogP contribution in [0, 0.1) is 13.8 Å². The highest BCUT2D eigenvalue weighted by Crippen LogP contribution is 2.27. The molecule has 0 saturated heterocycles. The van der Waals surface area contributed by atoms with Gasteiger partial charge in [0.05, 0.1) is 10.6 Å². The summed E-state index contributed by atoms with van der Waals surface area (Å²) >= 11 is 3.23. The third kappa shape index (κ3) is 4.98. The van der Waals surface area contributed by atoms with Crippen molar-refractivity contribution in [1.82, 2.24) is 0 Å². The number of benzene rings is 3. The van der Waals surface area contributed by atoms with Gasteiger partial charge in [-0.05, 0) is 77.3 Å². The van der Waals surface area contributed by atoms with Gasteiger partial charge in [0.25, 0.3) is 20.0 Å². The van der Waals surface area contributed by atoms with Crippen molar-refractivity contribution < 1.29 is 16.8 Å². The van der Waals surface area contributed by atoms with Crippen LogP contribution in [0.5, 0.6) is 0 Å². The van der Waals surface area contributed by atoms with Crippen LogP contribution in [-0.2, 0) is 20.0 Å². The van der Waals surface area contributed by atoms with E-state index >= 15 is 0 Å². The lowest BCUT2D eigenvalue weighted by atomic mass is 10.2. The molecule has 29 heavy (non-hydrogen) atoms. The summed E-state index contributed by atoms with van der Waals surface area (Å²) in [4.78, 5) is 0.0139. The van der Waals surface area contributed by atoms with Crippen LogP contribution in [0.3, 0.4) is 0 Å². The van der Waals surface area contributed by atoms with Crippen molar-refractivity contribution in [2.45, 2.75) is 23.6 Å². The molecule has 2 N–H and O–H groups in total. The molecule has 3 aromatic rings. The molecule has 9 heteroatoms. The third-order valence-electron chi connectivity index (χ3n) is 4.16. The van der Waals surface area contributed by atoms with Crippen LogP contribution in [0.25, 0.3) is 0 Å². The van der Waals surface area contributed by atoms with Crippen molar-refractivity contribution in [1.29, 1.82) is 0 Å². The van der Waals surface area contributed by atoms with Gasteiger partial charge >= 0.3 is 0 Å². The first kappa shape index (κ1) is 21.4. The van der Waals surface area contributed by atoms with Crippen LogP contribution in [0.15, 0.2) is 81.0 Å². The maximum absolute atomic E-state index is 12.8. The summed E-state index contributed by atoms with van der Waals surface area (Å²) in [7, 11) is -7.80. The van der Waals surface area contributed by atoms with E-state index in [-0.39, 0.29) is 15.5 Å². The van der Waals surface area contributed by atoms with Crippen LogP contribution >= 0.6 is 15.9 Å². The molecule has 0 aromatic heterocycles. The quantitative estimate of drug-likeness (QED) is 0.520. The van der Waals surface area contributed by atoms with Gasteiger partial charge in [-0.25, -0.2) is 16.8 Å². The normalized spacial score (nSPS) is 11.8. The van der Waals surface area contributed by atoms with Crippen molar-refractivity contribution in [2.24, 2.45) is 0 Å². The minimum atomic E-state index is -3.91. The van der Waals surface area contributed by atoms with Gasteiger partial charge in [-0.3, -0.25) is 9.44 Å². The van der Waals surface area contributed by atoms with Gasteiger partial charge < -0.3 is 0 Å². The van der Waals surface area contributed by atoms with Crippen LogP contribution < -0.4 is 9.44 Å². The number of hydrogen-bond acceptors (Lipinski definition) is 4. The van der Waals surface area contributed by atoms with E-state index in [4.69, 9.17) is 0 Å². The molecule has 0 radical (unpaired) electrons. The summed E-state index contributed by atoms with van der Waals surface area (Å²) in [5.74, 6) is 0. The fourth-order valence-corrected chi connectivity index (χ4v) is 5.86. The molecule has 6 nitrogen and oxygen atoms in total. The Bertz CT molecular complexity index is 1270. The molecule has 0 atom stereocenters. The molecule has 0 fully saturated rings. The van der Waals surface area contributed by atoms with Crippen LogP contribution in [0.2, 0.25) is 0 Å². The summed E-state index contributed by atoms with van der Waals surface area (Å²) < 4.78 is 56.5. The average molecular weight is 495 g/mol. The minimum Gasteiger partial charge on any atom is -0.280 e. The van der Waals surface area contributed by atoms with E-state index in [2.05, 4.69) is 25.4 Å². The fraction of sp³-hybridized carbons (Fsp3) is 0.100. The van der Waals surface area contributed by atoms with Gasteiger partial charge in [-0.15, -0.1) is 0 Å². The predicted octanol–water partition coefficient (Wildman–Crippen LogP) is 4.67. The van der Waals surface area contributed by atoms with E-state index in [0.29, 0.717) is 15.7 Å². The number of hydrogen-bond donors (Lipinski definition) is 2. The molecule has 0 heterocycles. The Morgan fingerprint density at radius 2 is 1.48 bits per heavy atom. The van der Waals surface area contributed by atoms with Gasteiger partial charge in [-0.2, -0.15) is 0 Å². The van der Waals surface area contributed by atoms with Gasteiger partial charge in [0.1, 0.15) is 4.90 Å². The largest absolute Gasteiger partial charge is 0.280 e. The molecule has 0 aliphatic heterocycles. The zero-order valence-electron chi connectivity index (χ0n) is 15.7. The monoisotopic (exact) mass is 494 g/mol. The molecule has 3 aromatic carbocycles. The van der Waals surface area contributed by atoms with Gasteiger partial charge in [-0.1, -0.05) is 30.3 Å². The van der Waals surface area contributed by atoms with E-state index in [1.165, 1.54) is 18.2 Å². The first-order chi connectivity index (χ1) is 13.6. The van der Waals surface area contributed by atoms with E-state index < -0.39 is 20.0 Å². The maximum atomic E-state index is 12.8. The number of rotatable bonds is 6. The first-order valence-electron chi connectivity index (χ1n) is 8.56. The molecule has 0 aliphatic rings. The standard InChI is InChI=1S/C20H19BrN2O4S2/c1-14-6-5-7-16(12-14)22-28(24,25)17-11-10-15(2)19(13-17)23-29(26,27)20-9-4-3-8-18(20)21/h3-13,22-23H,1-2H3. The van der Waals surface area contributed by atoms with E-state index in [1.807, 2.05) is 13.0 Å². The Labute approximate surface area is 179 Å². The molecule has 3 rings (SSSR count). The smallest absolute Gasteiger partial charge is 0.263 e. The fourth-order valence-electron chi connectivity index (χ4n) is 2.66. The minimum absolute atomic E-state index is 0.0468. The molecule has 0 amide bonds. The zero-order chi connectivity index (χ0) is 21.2. The summed E-state index contributed by atoms with van der Waals surface area (Å²) in [5, 5.41) is 0. The number of aryl methyl sites for hydroxylation is 2. The highest BCUT2D eigenvalue weighted by Gasteiger charge is 2.21. The SMILES string of the molecule is Cc1cccc(NS(=O)(=O)c2ccc(C)c(NS(=O)(=O)c3ccccc3Br)c2)c1. The average Bonchev–Trinajstić information content (AvgIpc) is 2.63. The van der Waals surface area contributed by atoms with Crippen LogP contribution in [0.1, 0.15) is 11.1 Å². The number of nitrogens with one attached hydrogen (secondary N) is 2. The lowest BCUT2D eigenvalue weighted by Crippen LogP contribution is -2.16. The second-order valence-corrected chi connectivity index (χ2v) is 10.7. The Morgan fingerprint density at radius 3 is 2.17 bits per heavy atom. The predicted molar refractivity (Wildman–Crippen MR) is 118 cm³/mol.